The summed E-state index contributed by atoms with van der Waals surface area (Å²) < 4.78 is 5.70. The zero-order valence-electron chi connectivity index (χ0n) is 15.1. The Morgan fingerprint density at radius 1 is 1.08 bits per heavy atom. The van der Waals surface area contributed by atoms with Crippen LogP contribution < -0.4 is 10.2 Å². The van der Waals surface area contributed by atoms with E-state index < -0.39 is 0 Å². The average molecular weight is 349 g/mol. The molecule has 1 N–H and O–H groups in total. The van der Waals surface area contributed by atoms with Crippen LogP contribution in [-0.2, 0) is 4.74 Å². The predicted octanol–water partition coefficient (Wildman–Crippen LogP) is 3.16. The molecule has 2 atom stereocenters. The minimum absolute atomic E-state index is 0.0490. The average Bonchev–Trinajstić information content (AvgIpc) is 2.68. The van der Waals surface area contributed by atoms with Gasteiger partial charge in [-0.25, -0.2) is 0 Å². The molecule has 2 aromatic rings. The molecule has 2 heterocycles. The molecule has 4 rings (SSSR count). The third-order valence-electron chi connectivity index (χ3n) is 5.10. The van der Waals surface area contributed by atoms with Crippen molar-refractivity contribution in [3.8, 4) is 0 Å². The quantitative estimate of drug-likeness (QED) is 0.925. The van der Waals surface area contributed by atoms with Gasteiger partial charge in [-0.15, -0.1) is 0 Å². The molecule has 1 fully saturated rings. The van der Waals surface area contributed by atoms with E-state index in [-0.39, 0.29) is 18.1 Å². The van der Waals surface area contributed by atoms with Crippen molar-refractivity contribution < 1.29 is 9.53 Å². The van der Waals surface area contributed by atoms with E-state index in [4.69, 9.17) is 9.73 Å². The van der Waals surface area contributed by atoms with Gasteiger partial charge in [0, 0.05) is 43.1 Å². The number of aliphatic imine (C=N–C) groups is 1. The second-order valence-corrected chi connectivity index (χ2v) is 6.80. The van der Waals surface area contributed by atoms with Crippen LogP contribution in [0, 0.1) is 0 Å². The summed E-state index contributed by atoms with van der Waals surface area (Å²) in [5, 5.41) is 3.40. The van der Waals surface area contributed by atoms with Crippen LogP contribution in [0.1, 0.15) is 29.3 Å². The molecule has 2 aliphatic heterocycles. The number of methoxy groups -OCH3 is 1. The number of hydrogen-bond acceptors (Lipinski definition) is 5. The minimum Gasteiger partial charge on any atom is -0.360 e. The van der Waals surface area contributed by atoms with E-state index in [1.807, 2.05) is 36.4 Å². The molecule has 134 valence electrons. The second-order valence-electron chi connectivity index (χ2n) is 6.80. The first-order valence-electron chi connectivity index (χ1n) is 9.00. The van der Waals surface area contributed by atoms with E-state index in [0.29, 0.717) is 12.0 Å². The number of carbonyl (C=O) groups excluding carboxylic acids is 1. The first-order chi connectivity index (χ1) is 12.7. The summed E-state index contributed by atoms with van der Waals surface area (Å²) >= 11 is 0. The Bertz CT molecular complexity index is 862. The smallest absolute Gasteiger partial charge is 0.171 e. The number of nitrogens with one attached hydrogen (secondary N) is 1. The minimum atomic E-state index is -0.0490. The van der Waals surface area contributed by atoms with Crippen molar-refractivity contribution >= 4 is 22.9 Å². The largest absolute Gasteiger partial charge is 0.360 e. The fourth-order valence-corrected chi connectivity index (χ4v) is 3.82. The lowest BCUT2D eigenvalue weighted by Crippen LogP contribution is -2.57. The lowest BCUT2D eigenvalue weighted by Gasteiger charge is -2.42. The Hall–Kier alpha value is -2.50. The molecule has 1 saturated heterocycles. The zero-order valence-corrected chi connectivity index (χ0v) is 15.1. The van der Waals surface area contributed by atoms with Crippen molar-refractivity contribution in [2.45, 2.75) is 25.6 Å². The summed E-state index contributed by atoms with van der Waals surface area (Å²) in [5.74, 6) is 0.122. The van der Waals surface area contributed by atoms with Crippen molar-refractivity contribution in [3.63, 3.8) is 0 Å². The molecule has 0 radical (unpaired) electrons. The molecule has 2 aliphatic rings. The van der Waals surface area contributed by atoms with E-state index in [1.165, 1.54) is 0 Å². The summed E-state index contributed by atoms with van der Waals surface area (Å²) in [6.07, 6.45) is 0.277. The van der Waals surface area contributed by atoms with E-state index in [1.54, 1.807) is 7.11 Å². The van der Waals surface area contributed by atoms with Gasteiger partial charge in [0.1, 0.15) is 6.23 Å². The molecule has 26 heavy (non-hydrogen) atoms. The van der Waals surface area contributed by atoms with Gasteiger partial charge in [0.2, 0.25) is 0 Å². The highest BCUT2D eigenvalue weighted by Crippen LogP contribution is 2.32. The summed E-state index contributed by atoms with van der Waals surface area (Å²) in [7, 11) is 1.73. The number of hydrogen-bond donors (Lipinski definition) is 1. The highest BCUT2D eigenvalue weighted by Gasteiger charge is 2.31. The summed E-state index contributed by atoms with van der Waals surface area (Å²) in [5.41, 5.74) is 4.36. The van der Waals surface area contributed by atoms with Crippen molar-refractivity contribution in [1.29, 1.82) is 0 Å². The summed E-state index contributed by atoms with van der Waals surface area (Å²) in [6, 6.07) is 16.0. The highest BCUT2D eigenvalue weighted by molar-refractivity contribution is 6.22. The SMILES string of the molecule is COC1CNCC(C)N1c1ccccc1C1=Nc2ccccc2C(=O)C1. The molecule has 0 saturated carbocycles. The standard InChI is InChI=1S/C21H23N3O2/c1-14-12-22-13-21(26-2)24(14)19-10-6-4-7-15(19)18-11-20(25)16-8-3-5-9-17(16)23-18/h3-10,14,21-22H,11-13H2,1-2H3. The van der Waals surface area contributed by atoms with Gasteiger partial charge in [-0.2, -0.15) is 0 Å². The van der Waals surface area contributed by atoms with Crippen LogP contribution in [0.5, 0.6) is 0 Å². The van der Waals surface area contributed by atoms with Crippen molar-refractivity contribution in [3.05, 3.63) is 59.7 Å². The van der Waals surface area contributed by atoms with Crippen molar-refractivity contribution in [1.82, 2.24) is 5.32 Å². The van der Waals surface area contributed by atoms with Crippen LogP contribution in [0.4, 0.5) is 11.4 Å². The number of fused-ring (bicyclic) bond motifs is 1. The number of anilines is 1. The highest BCUT2D eigenvalue weighted by atomic mass is 16.5. The third kappa shape index (κ3) is 2.93. The number of para-hydroxylation sites is 2. The number of rotatable bonds is 3. The van der Waals surface area contributed by atoms with Crippen LogP contribution in [0.2, 0.25) is 0 Å². The van der Waals surface area contributed by atoms with Gasteiger partial charge in [-0.3, -0.25) is 9.79 Å². The van der Waals surface area contributed by atoms with E-state index in [9.17, 15) is 4.79 Å². The summed E-state index contributed by atoms with van der Waals surface area (Å²) in [4.78, 5) is 19.7. The predicted molar refractivity (Wildman–Crippen MR) is 104 cm³/mol. The number of nitrogens with zero attached hydrogens (tertiary/aromatic N) is 2. The Balaban J connectivity index is 1.80. The van der Waals surface area contributed by atoms with Gasteiger partial charge in [-0.05, 0) is 25.1 Å². The molecular weight excluding hydrogens is 326 g/mol. The fraction of sp³-hybridized carbons (Fsp3) is 0.333. The monoisotopic (exact) mass is 349 g/mol. The molecule has 0 amide bonds. The normalized spacial score (nSPS) is 22.8. The lowest BCUT2D eigenvalue weighted by atomic mass is 9.94. The molecule has 5 nitrogen and oxygen atoms in total. The molecule has 2 unspecified atom stereocenters. The van der Waals surface area contributed by atoms with Gasteiger partial charge in [0.05, 0.1) is 17.8 Å². The fourth-order valence-electron chi connectivity index (χ4n) is 3.82. The van der Waals surface area contributed by atoms with E-state index >= 15 is 0 Å². The number of carbonyl (C=O) groups is 1. The molecule has 0 spiro atoms. The number of Topliss-reactive ketones (excluding diaryl/α,β-unsaturated/α-hetero) is 1. The summed E-state index contributed by atoms with van der Waals surface area (Å²) in [6.45, 7) is 3.84. The van der Waals surface area contributed by atoms with E-state index in [0.717, 1.165) is 35.7 Å². The topological polar surface area (TPSA) is 53.9 Å². The number of ketones is 1. The Morgan fingerprint density at radius 2 is 1.81 bits per heavy atom. The van der Waals surface area contributed by atoms with Gasteiger partial charge >= 0.3 is 0 Å². The molecule has 0 aromatic heterocycles. The first kappa shape index (κ1) is 16.9. The van der Waals surface area contributed by atoms with Crippen molar-refractivity contribution in [2.24, 2.45) is 4.99 Å². The maximum Gasteiger partial charge on any atom is 0.171 e. The maximum absolute atomic E-state index is 12.6. The van der Waals surface area contributed by atoms with Gasteiger partial charge < -0.3 is 15.0 Å². The molecule has 2 aromatic carbocycles. The van der Waals surface area contributed by atoms with Gasteiger partial charge in [-0.1, -0.05) is 30.3 Å². The lowest BCUT2D eigenvalue weighted by molar-refractivity contribution is 0.0783. The Labute approximate surface area is 153 Å². The van der Waals surface area contributed by atoms with Crippen LogP contribution >= 0.6 is 0 Å². The van der Waals surface area contributed by atoms with Crippen LogP contribution in [0.15, 0.2) is 53.5 Å². The van der Waals surface area contributed by atoms with Crippen LogP contribution in [0.25, 0.3) is 0 Å². The van der Waals surface area contributed by atoms with Gasteiger partial charge in [0.25, 0.3) is 0 Å². The molecule has 5 heteroatoms. The number of ether oxygens (including phenoxy) is 1. The van der Waals surface area contributed by atoms with Gasteiger partial charge in [0.15, 0.2) is 5.78 Å². The molecule has 0 aliphatic carbocycles. The zero-order chi connectivity index (χ0) is 18.1. The Kier molecular flexibility index (Phi) is 4.57. The number of piperazine rings is 1. The number of benzene rings is 2. The first-order valence-corrected chi connectivity index (χ1v) is 9.00. The molecule has 0 bridgehead atoms. The van der Waals surface area contributed by atoms with Crippen LogP contribution in [-0.4, -0.2) is 44.0 Å². The van der Waals surface area contributed by atoms with Crippen LogP contribution in [0.3, 0.4) is 0 Å². The second kappa shape index (κ2) is 7.02. The molecular formula is C21H23N3O2. The van der Waals surface area contributed by atoms with E-state index in [2.05, 4.69) is 29.3 Å². The third-order valence-corrected chi connectivity index (χ3v) is 5.10. The maximum atomic E-state index is 12.6. The Morgan fingerprint density at radius 3 is 2.62 bits per heavy atom. The van der Waals surface area contributed by atoms with Crippen molar-refractivity contribution in [2.75, 3.05) is 25.1 Å².